The van der Waals surface area contributed by atoms with Gasteiger partial charge in [0, 0.05) is 0 Å². The minimum Gasteiger partial charge on any atom is -0.272 e. The van der Waals surface area contributed by atoms with Gasteiger partial charge < -0.3 is 0 Å². The second kappa shape index (κ2) is 4.81. The summed E-state index contributed by atoms with van der Waals surface area (Å²) in [5.74, 6) is -3.67. The van der Waals surface area contributed by atoms with Crippen LogP contribution in [0.2, 0.25) is 0 Å². The number of hydroxylamine groups is 2. The minimum absolute atomic E-state index is 0.121. The first-order chi connectivity index (χ1) is 9.94. The van der Waals surface area contributed by atoms with Gasteiger partial charge >= 0.3 is 0 Å². The second-order valence-corrected chi connectivity index (χ2v) is 8.98. The molecule has 3 rings (SSSR count). The zero-order chi connectivity index (χ0) is 16.8. The number of allylic oxidation sites excluding steroid dienone is 2. The second-order valence-electron chi connectivity index (χ2n) is 5.71. The Hall–Kier alpha value is 0.580. The van der Waals surface area contributed by atoms with Crippen LogP contribution in [0.5, 0.6) is 0 Å². The average molecular weight is 428 g/mol. The minimum atomic E-state index is -1.91. The fourth-order valence-electron chi connectivity index (χ4n) is 3.28. The van der Waals surface area contributed by atoms with Gasteiger partial charge in [0.1, 0.15) is 9.75 Å². The fraction of sp³-hybridized carbons (Fsp3) is 0.667. The molecule has 0 aromatic heterocycles. The van der Waals surface area contributed by atoms with Crippen LogP contribution >= 0.6 is 69.6 Å². The molecule has 2 aliphatic carbocycles. The number of carbonyl (C=O) groups excluding carboxylic acids is 2. The van der Waals surface area contributed by atoms with Crippen LogP contribution < -0.4 is 0 Å². The van der Waals surface area contributed by atoms with E-state index in [0.29, 0.717) is 5.06 Å². The predicted octanol–water partition coefficient (Wildman–Crippen LogP) is 3.77. The van der Waals surface area contributed by atoms with Crippen molar-refractivity contribution in [3.63, 3.8) is 0 Å². The molecular formula is C12H9Cl6NO3. The Balaban J connectivity index is 2.19. The van der Waals surface area contributed by atoms with Crippen molar-refractivity contribution in [1.29, 1.82) is 0 Å². The molecule has 4 nitrogen and oxygen atoms in total. The Kier molecular flexibility index (Phi) is 3.81. The van der Waals surface area contributed by atoms with Crippen LogP contribution in [0.15, 0.2) is 10.1 Å². The molecule has 22 heavy (non-hydrogen) atoms. The van der Waals surface area contributed by atoms with Gasteiger partial charge in [0.05, 0.1) is 28.0 Å². The van der Waals surface area contributed by atoms with Gasteiger partial charge in [-0.2, -0.15) is 5.06 Å². The van der Waals surface area contributed by atoms with E-state index in [9.17, 15) is 9.59 Å². The van der Waals surface area contributed by atoms with Crippen LogP contribution in [0.4, 0.5) is 0 Å². The standard InChI is InChI=1S/C12H9Cl6NO3/c1-3(2)22-19-8(20)4-5(9(19)21)11(16)7(14)6(13)10(4,15)12(11,17)18/h3-5H,1-2H3/t4-,5-,10-,11-/m1/s1. The Morgan fingerprint density at radius 1 is 0.955 bits per heavy atom. The smallest absolute Gasteiger partial charge is 0.259 e. The van der Waals surface area contributed by atoms with E-state index in [1.807, 2.05) is 0 Å². The van der Waals surface area contributed by atoms with Crippen LogP contribution in [0, 0.1) is 11.8 Å². The van der Waals surface area contributed by atoms with Crippen LogP contribution in [0.25, 0.3) is 0 Å². The van der Waals surface area contributed by atoms with E-state index in [1.165, 1.54) is 0 Å². The Morgan fingerprint density at radius 3 is 1.64 bits per heavy atom. The number of nitrogens with zero attached hydrogens (tertiary/aromatic N) is 1. The molecule has 122 valence electrons. The monoisotopic (exact) mass is 425 g/mol. The van der Waals surface area contributed by atoms with Crippen molar-refractivity contribution in [1.82, 2.24) is 5.06 Å². The summed E-state index contributed by atoms with van der Waals surface area (Å²) in [7, 11) is 0. The maximum absolute atomic E-state index is 12.6. The highest BCUT2D eigenvalue weighted by Gasteiger charge is 2.87. The van der Waals surface area contributed by atoms with Gasteiger partial charge in [-0.1, -0.05) is 46.4 Å². The van der Waals surface area contributed by atoms with Crippen molar-refractivity contribution >= 4 is 81.4 Å². The number of alkyl halides is 4. The molecule has 3 aliphatic rings. The zero-order valence-electron chi connectivity index (χ0n) is 11.2. The molecule has 1 heterocycles. The number of fused-ring (bicyclic) bond motifs is 5. The summed E-state index contributed by atoms with van der Waals surface area (Å²) in [6.07, 6.45) is -0.405. The molecule has 0 spiro atoms. The van der Waals surface area contributed by atoms with Gasteiger partial charge in [0.2, 0.25) is 0 Å². The highest BCUT2D eigenvalue weighted by molar-refractivity contribution is 6.66. The maximum Gasteiger partial charge on any atom is 0.259 e. The average Bonchev–Trinajstić information content (AvgIpc) is 2.78. The number of carbonyl (C=O) groups is 2. The van der Waals surface area contributed by atoms with E-state index in [-0.39, 0.29) is 10.1 Å². The van der Waals surface area contributed by atoms with Gasteiger partial charge in [-0.25, -0.2) is 0 Å². The number of amides is 2. The third-order valence-corrected chi connectivity index (χ3v) is 8.44. The van der Waals surface area contributed by atoms with Gasteiger partial charge in [-0.15, -0.1) is 23.2 Å². The van der Waals surface area contributed by atoms with Gasteiger partial charge in [0.25, 0.3) is 11.8 Å². The largest absolute Gasteiger partial charge is 0.272 e. The van der Waals surface area contributed by atoms with E-state index in [2.05, 4.69) is 0 Å². The summed E-state index contributed by atoms with van der Waals surface area (Å²) in [6.45, 7) is 3.34. The summed E-state index contributed by atoms with van der Waals surface area (Å²) >= 11 is 37.9. The van der Waals surface area contributed by atoms with E-state index in [4.69, 9.17) is 74.4 Å². The van der Waals surface area contributed by atoms with Crippen molar-refractivity contribution in [2.45, 2.75) is 34.0 Å². The number of hydrogen-bond donors (Lipinski definition) is 0. The van der Waals surface area contributed by atoms with Crippen LogP contribution in [0.3, 0.4) is 0 Å². The van der Waals surface area contributed by atoms with Crippen molar-refractivity contribution in [2.75, 3.05) is 0 Å². The molecule has 2 fully saturated rings. The highest BCUT2D eigenvalue weighted by Crippen LogP contribution is 2.77. The molecule has 0 unspecified atom stereocenters. The molecule has 0 radical (unpaired) electrons. The van der Waals surface area contributed by atoms with Crippen LogP contribution in [0.1, 0.15) is 13.8 Å². The van der Waals surface area contributed by atoms with Gasteiger partial charge in [-0.05, 0) is 13.8 Å². The molecule has 10 heteroatoms. The molecule has 2 amide bonds. The first-order valence-corrected chi connectivity index (χ1v) is 8.57. The molecule has 1 saturated carbocycles. The van der Waals surface area contributed by atoms with Crippen LogP contribution in [-0.4, -0.2) is 37.1 Å². The normalized spacial score (nSPS) is 42.9. The van der Waals surface area contributed by atoms with Crippen LogP contribution in [-0.2, 0) is 14.4 Å². The Labute approximate surface area is 156 Å². The molecule has 4 atom stereocenters. The SMILES string of the molecule is CC(C)ON1C(=O)[C@H]2[C@H](C1=O)[C@@]1(Cl)C(Cl)=C(Cl)[C@@]2(Cl)C1(Cl)Cl. The zero-order valence-corrected chi connectivity index (χ0v) is 15.7. The summed E-state index contributed by atoms with van der Waals surface area (Å²) in [5, 5.41) is 0.408. The molecular weight excluding hydrogens is 419 g/mol. The van der Waals surface area contributed by atoms with Crippen molar-refractivity contribution in [2.24, 2.45) is 11.8 Å². The molecule has 0 aromatic rings. The maximum atomic E-state index is 12.6. The Morgan fingerprint density at radius 2 is 1.32 bits per heavy atom. The quantitative estimate of drug-likeness (QED) is 0.497. The molecule has 0 aromatic carbocycles. The van der Waals surface area contributed by atoms with E-state index in [1.54, 1.807) is 13.8 Å². The predicted molar refractivity (Wildman–Crippen MR) is 85.4 cm³/mol. The lowest BCUT2D eigenvalue weighted by atomic mass is 9.84. The molecule has 1 aliphatic heterocycles. The van der Waals surface area contributed by atoms with Crippen molar-refractivity contribution in [3.8, 4) is 0 Å². The third kappa shape index (κ3) is 1.58. The summed E-state index contributed by atoms with van der Waals surface area (Å²) < 4.78 is -1.91. The number of halogens is 6. The lowest BCUT2D eigenvalue weighted by molar-refractivity contribution is -0.200. The fourth-order valence-corrected chi connectivity index (χ4v) is 6.21. The Bertz CT molecular complexity index is 588. The van der Waals surface area contributed by atoms with Crippen molar-refractivity contribution < 1.29 is 14.4 Å². The molecule has 1 saturated heterocycles. The number of rotatable bonds is 2. The number of imide groups is 1. The lowest BCUT2D eigenvalue weighted by Gasteiger charge is -2.34. The van der Waals surface area contributed by atoms with E-state index < -0.39 is 43.8 Å². The summed E-state index contributed by atoms with van der Waals surface area (Å²) in [6, 6.07) is 0. The molecule has 0 N–H and O–H groups in total. The highest BCUT2D eigenvalue weighted by atomic mass is 35.5. The van der Waals surface area contributed by atoms with Gasteiger partial charge in [-0.3, -0.25) is 14.4 Å². The summed E-state index contributed by atoms with van der Waals surface area (Å²) in [4.78, 5) is 26.9. The van der Waals surface area contributed by atoms with Gasteiger partial charge in [0.15, 0.2) is 4.33 Å². The topological polar surface area (TPSA) is 46.6 Å². The first kappa shape index (κ1) is 17.4. The third-order valence-electron chi connectivity index (χ3n) is 4.18. The number of hydrogen-bond acceptors (Lipinski definition) is 3. The van der Waals surface area contributed by atoms with Crippen molar-refractivity contribution in [3.05, 3.63) is 10.1 Å². The summed E-state index contributed by atoms with van der Waals surface area (Å²) in [5.41, 5.74) is 0. The lowest BCUT2D eigenvalue weighted by Crippen LogP contribution is -2.50. The first-order valence-electron chi connectivity index (χ1n) is 6.30. The van der Waals surface area contributed by atoms with E-state index >= 15 is 0 Å². The van der Waals surface area contributed by atoms with E-state index in [0.717, 1.165) is 0 Å². The molecule has 2 bridgehead atoms.